The van der Waals surface area contributed by atoms with E-state index in [1.807, 2.05) is 0 Å². The first-order chi connectivity index (χ1) is 12.4. The van der Waals surface area contributed by atoms with Gasteiger partial charge >= 0.3 is 11.9 Å². The molecule has 8 heteroatoms. The maximum atomic E-state index is 14.6. The number of anilines is 1. The third-order valence-corrected chi connectivity index (χ3v) is 4.47. The molecule has 1 aliphatic heterocycles. The van der Waals surface area contributed by atoms with Crippen LogP contribution < -0.4 is 4.90 Å². The second kappa shape index (κ2) is 7.23. The Hall–Kier alpha value is -2.77. The number of nitrogens with zero attached hydrogens (tertiary/aromatic N) is 2. The van der Waals surface area contributed by atoms with Crippen molar-refractivity contribution in [2.45, 2.75) is 19.8 Å². The van der Waals surface area contributed by atoms with Crippen molar-refractivity contribution in [2.75, 3.05) is 24.6 Å². The monoisotopic (exact) mass is 364 g/mol. The lowest BCUT2D eigenvalue weighted by molar-refractivity contribution is -0.141. The van der Waals surface area contributed by atoms with Crippen LogP contribution in [-0.4, -0.2) is 41.7 Å². The van der Waals surface area contributed by atoms with Gasteiger partial charge < -0.3 is 14.7 Å². The van der Waals surface area contributed by atoms with E-state index in [4.69, 9.17) is 4.74 Å². The second-order valence-corrected chi connectivity index (χ2v) is 6.12. The molecule has 0 bridgehead atoms. The van der Waals surface area contributed by atoms with Gasteiger partial charge in [0.1, 0.15) is 22.7 Å². The maximum Gasteiger partial charge on any atom is 0.341 e. The number of aliphatic carboxylic acids is 1. The van der Waals surface area contributed by atoms with Gasteiger partial charge in [0.2, 0.25) is 0 Å². The largest absolute Gasteiger partial charge is 0.481 e. The number of ether oxygens (including phenoxy) is 1. The zero-order valence-electron chi connectivity index (χ0n) is 14.2. The molecule has 3 rings (SSSR count). The number of aromatic nitrogens is 1. The lowest BCUT2D eigenvalue weighted by Crippen LogP contribution is -2.39. The number of hydrogen-bond acceptors (Lipinski definition) is 5. The van der Waals surface area contributed by atoms with Crippen molar-refractivity contribution in [1.82, 2.24) is 4.98 Å². The first kappa shape index (κ1) is 18.0. The minimum Gasteiger partial charge on any atom is -0.481 e. The summed E-state index contributed by atoms with van der Waals surface area (Å²) in [6.45, 7) is 2.26. The number of carbonyl (C=O) groups excluding carboxylic acids is 1. The van der Waals surface area contributed by atoms with Gasteiger partial charge in [0.25, 0.3) is 0 Å². The Morgan fingerprint density at radius 1 is 1.35 bits per heavy atom. The van der Waals surface area contributed by atoms with E-state index >= 15 is 0 Å². The van der Waals surface area contributed by atoms with Crippen LogP contribution in [0, 0.1) is 17.6 Å². The van der Waals surface area contributed by atoms with E-state index in [1.54, 1.807) is 11.8 Å². The molecule has 2 heterocycles. The minimum absolute atomic E-state index is 0.00473. The summed E-state index contributed by atoms with van der Waals surface area (Å²) in [6, 6.07) is 1.94. The fraction of sp³-hybridized carbons (Fsp3) is 0.389. The third-order valence-electron chi connectivity index (χ3n) is 4.47. The smallest absolute Gasteiger partial charge is 0.341 e. The molecule has 0 radical (unpaired) electrons. The molecule has 6 nitrogen and oxygen atoms in total. The van der Waals surface area contributed by atoms with E-state index < -0.39 is 29.5 Å². The van der Waals surface area contributed by atoms with Crippen LogP contribution in [0.5, 0.6) is 0 Å². The van der Waals surface area contributed by atoms with Gasteiger partial charge in [0.15, 0.2) is 0 Å². The van der Waals surface area contributed by atoms with Crippen molar-refractivity contribution in [2.24, 2.45) is 5.92 Å². The zero-order chi connectivity index (χ0) is 18.8. The van der Waals surface area contributed by atoms with Crippen molar-refractivity contribution >= 4 is 28.5 Å². The van der Waals surface area contributed by atoms with Crippen molar-refractivity contribution in [1.29, 1.82) is 0 Å². The first-order valence-corrected chi connectivity index (χ1v) is 8.35. The summed E-state index contributed by atoms with van der Waals surface area (Å²) in [5, 5.41) is 9.18. The van der Waals surface area contributed by atoms with Gasteiger partial charge in [-0.25, -0.2) is 13.6 Å². The van der Waals surface area contributed by atoms with E-state index in [-0.39, 0.29) is 35.3 Å². The molecule has 0 spiro atoms. The predicted octanol–water partition coefficient (Wildman–Crippen LogP) is 2.99. The Bertz CT molecular complexity index is 872. The second-order valence-electron chi connectivity index (χ2n) is 6.12. The highest BCUT2D eigenvalue weighted by molar-refractivity contribution is 6.05. The van der Waals surface area contributed by atoms with Crippen LogP contribution in [0.1, 0.15) is 30.1 Å². The molecule has 1 aromatic heterocycles. The number of benzene rings is 1. The molecule has 1 fully saturated rings. The highest BCUT2D eigenvalue weighted by Gasteiger charge is 2.31. The molecule has 1 aromatic carbocycles. The fourth-order valence-corrected chi connectivity index (χ4v) is 3.29. The van der Waals surface area contributed by atoms with Crippen LogP contribution in [-0.2, 0) is 9.53 Å². The van der Waals surface area contributed by atoms with Crippen molar-refractivity contribution in [3.05, 3.63) is 35.5 Å². The Labute approximate surface area is 148 Å². The van der Waals surface area contributed by atoms with Crippen LogP contribution in [0.3, 0.4) is 0 Å². The SMILES string of the molecule is CCOC(=O)c1cnc2c(F)ccc(F)c2c1N1CCCC(C(=O)O)C1. The third kappa shape index (κ3) is 3.18. The molecule has 0 saturated carbocycles. The summed E-state index contributed by atoms with van der Waals surface area (Å²) in [7, 11) is 0. The molecule has 1 atom stereocenters. The highest BCUT2D eigenvalue weighted by atomic mass is 19.1. The van der Waals surface area contributed by atoms with E-state index in [1.165, 1.54) is 0 Å². The van der Waals surface area contributed by atoms with Gasteiger partial charge in [0.05, 0.1) is 23.6 Å². The molecule has 1 unspecified atom stereocenters. The highest BCUT2D eigenvalue weighted by Crippen LogP contribution is 2.35. The summed E-state index contributed by atoms with van der Waals surface area (Å²) in [6.07, 6.45) is 2.20. The van der Waals surface area contributed by atoms with Crippen molar-refractivity contribution < 1.29 is 28.2 Å². The lowest BCUT2D eigenvalue weighted by atomic mass is 9.96. The van der Waals surface area contributed by atoms with Crippen LogP contribution in [0.15, 0.2) is 18.3 Å². The number of rotatable bonds is 4. The number of hydrogen-bond donors (Lipinski definition) is 1. The van der Waals surface area contributed by atoms with Gasteiger partial charge in [-0.3, -0.25) is 9.78 Å². The Balaban J connectivity index is 2.22. The Kier molecular flexibility index (Phi) is 5.01. The topological polar surface area (TPSA) is 79.7 Å². The summed E-state index contributed by atoms with van der Waals surface area (Å²) in [5.74, 6) is -3.77. The molecule has 1 aliphatic rings. The van der Waals surface area contributed by atoms with Gasteiger partial charge in [-0.15, -0.1) is 0 Å². The molecule has 0 aliphatic carbocycles. The average molecular weight is 364 g/mol. The van der Waals surface area contributed by atoms with Crippen LogP contribution in [0.4, 0.5) is 14.5 Å². The minimum atomic E-state index is -0.961. The number of esters is 1. The van der Waals surface area contributed by atoms with Gasteiger partial charge in [-0.1, -0.05) is 0 Å². The van der Waals surface area contributed by atoms with Gasteiger partial charge in [-0.2, -0.15) is 0 Å². The number of carboxylic acids is 1. The number of carboxylic acid groups (broad SMARTS) is 1. The fourth-order valence-electron chi connectivity index (χ4n) is 3.29. The van der Waals surface area contributed by atoms with E-state index in [9.17, 15) is 23.5 Å². The summed E-state index contributed by atoms with van der Waals surface area (Å²) in [5.41, 5.74) is -0.0724. The number of piperidine rings is 1. The lowest BCUT2D eigenvalue weighted by Gasteiger charge is -2.34. The first-order valence-electron chi connectivity index (χ1n) is 8.35. The van der Waals surface area contributed by atoms with E-state index in [0.29, 0.717) is 19.4 Å². The molecule has 2 aromatic rings. The Morgan fingerprint density at radius 2 is 2.08 bits per heavy atom. The van der Waals surface area contributed by atoms with Crippen molar-refractivity contribution in [3.63, 3.8) is 0 Å². The summed E-state index contributed by atoms with van der Waals surface area (Å²) in [4.78, 5) is 29.2. The molecule has 0 amide bonds. The van der Waals surface area contributed by atoms with Crippen LogP contribution in [0.25, 0.3) is 10.9 Å². The Morgan fingerprint density at radius 3 is 2.77 bits per heavy atom. The number of halogens is 2. The predicted molar refractivity (Wildman–Crippen MR) is 90.2 cm³/mol. The molecule has 138 valence electrons. The maximum absolute atomic E-state index is 14.6. The normalized spacial score (nSPS) is 17.3. The number of pyridine rings is 1. The van der Waals surface area contributed by atoms with Gasteiger partial charge in [-0.05, 0) is 31.9 Å². The zero-order valence-corrected chi connectivity index (χ0v) is 14.2. The molecule has 1 saturated heterocycles. The average Bonchev–Trinajstić information content (AvgIpc) is 2.64. The van der Waals surface area contributed by atoms with E-state index in [0.717, 1.165) is 18.3 Å². The molecule has 26 heavy (non-hydrogen) atoms. The summed E-state index contributed by atoms with van der Waals surface area (Å²) < 4.78 is 33.7. The molecular formula is C18H18F2N2O4. The number of carbonyl (C=O) groups is 2. The number of fused-ring (bicyclic) bond motifs is 1. The molecule has 1 N–H and O–H groups in total. The standard InChI is InChI=1S/C18H18F2N2O4/c1-2-26-18(25)11-8-21-15-13(20)6-5-12(19)14(15)16(11)22-7-3-4-10(9-22)17(23)24/h5-6,8,10H,2-4,7,9H2,1H3,(H,23,24). The molecular weight excluding hydrogens is 346 g/mol. The van der Waals surface area contributed by atoms with Crippen molar-refractivity contribution in [3.8, 4) is 0 Å². The van der Waals surface area contributed by atoms with E-state index in [2.05, 4.69) is 4.98 Å². The summed E-state index contributed by atoms with van der Waals surface area (Å²) >= 11 is 0. The van der Waals surface area contributed by atoms with Gasteiger partial charge in [0, 0.05) is 19.3 Å². The van der Waals surface area contributed by atoms with Crippen LogP contribution in [0.2, 0.25) is 0 Å². The quantitative estimate of drug-likeness (QED) is 0.840. The van der Waals surface area contributed by atoms with Crippen LogP contribution >= 0.6 is 0 Å².